The lowest BCUT2D eigenvalue weighted by molar-refractivity contribution is -0.136. The van der Waals surface area contributed by atoms with Crippen molar-refractivity contribution in [3.8, 4) is 23.0 Å². The van der Waals surface area contributed by atoms with Crippen molar-refractivity contribution < 1.29 is 28.5 Å². The highest BCUT2D eigenvalue weighted by molar-refractivity contribution is 9.10. The molecule has 1 aliphatic heterocycles. The third kappa shape index (κ3) is 7.00. The van der Waals surface area contributed by atoms with Crippen LogP contribution < -0.4 is 33.8 Å². The Morgan fingerprint density at radius 2 is 1.63 bits per heavy atom. The van der Waals surface area contributed by atoms with E-state index < -0.39 is 12.0 Å². The summed E-state index contributed by atoms with van der Waals surface area (Å²) in [5.74, 6) is 1.61. The molecule has 252 valence electrons. The number of methoxy groups -OCH3 is 1. The largest absolute Gasteiger partial charge is 0.490 e. The van der Waals surface area contributed by atoms with E-state index in [1.54, 1.807) is 18.2 Å². The summed E-state index contributed by atoms with van der Waals surface area (Å²) in [6.45, 7) is 7.32. The third-order valence-corrected chi connectivity index (χ3v) is 9.48. The van der Waals surface area contributed by atoms with Gasteiger partial charge >= 0.3 is 5.97 Å². The number of halogens is 1. The molecule has 1 aromatic heterocycles. The Kier molecular flexibility index (Phi) is 10.5. The van der Waals surface area contributed by atoms with Gasteiger partial charge in [0.05, 0.1) is 47.6 Å². The Bertz CT molecular complexity index is 2240. The molecular weight excluding hydrogens is 708 g/mol. The quantitative estimate of drug-likeness (QED) is 0.131. The number of rotatable bonds is 12. The van der Waals surface area contributed by atoms with Crippen LogP contribution >= 0.6 is 27.3 Å². The molecule has 4 aromatic carbocycles. The highest BCUT2D eigenvalue weighted by atomic mass is 79.9. The molecule has 0 bridgehead atoms. The Morgan fingerprint density at radius 3 is 2.41 bits per heavy atom. The summed E-state index contributed by atoms with van der Waals surface area (Å²) in [6.07, 6.45) is 3.25. The number of ether oxygens (including phenoxy) is 5. The van der Waals surface area contributed by atoms with Crippen molar-refractivity contribution in [1.29, 1.82) is 0 Å². The molecule has 0 fully saturated rings. The van der Waals surface area contributed by atoms with Crippen molar-refractivity contribution in [2.75, 3.05) is 26.9 Å². The maximum atomic E-state index is 14.1. The van der Waals surface area contributed by atoms with E-state index in [4.69, 9.17) is 23.7 Å². The van der Waals surface area contributed by atoms with Crippen molar-refractivity contribution in [3.05, 3.63) is 125 Å². The van der Waals surface area contributed by atoms with Crippen LogP contribution in [0, 0.1) is 0 Å². The predicted molar refractivity (Wildman–Crippen MR) is 194 cm³/mol. The summed E-state index contributed by atoms with van der Waals surface area (Å²) in [5.41, 5.74) is 2.35. The van der Waals surface area contributed by atoms with Crippen LogP contribution in [-0.4, -0.2) is 37.5 Å². The number of thiazole rings is 1. The molecule has 1 atom stereocenters. The van der Waals surface area contributed by atoms with Crippen molar-refractivity contribution in [2.45, 2.75) is 33.4 Å². The second-order valence-electron chi connectivity index (χ2n) is 10.9. The number of carbonyl (C=O) groups excluding carboxylic acids is 1. The van der Waals surface area contributed by atoms with Gasteiger partial charge in [-0.25, -0.2) is 9.79 Å². The molecule has 0 aliphatic carbocycles. The zero-order valence-corrected chi connectivity index (χ0v) is 29.9. The van der Waals surface area contributed by atoms with Crippen molar-refractivity contribution in [2.24, 2.45) is 4.99 Å². The average molecular weight is 744 g/mol. The molecular formula is C38H35BrN2O7S. The number of hydrogen-bond acceptors (Lipinski definition) is 9. The Morgan fingerprint density at radius 1 is 0.898 bits per heavy atom. The first-order valence-corrected chi connectivity index (χ1v) is 17.5. The van der Waals surface area contributed by atoms with Crippen molar-refractivity contribution >= 4 is 50.1 Å². The van der Waals surface area contributed by atoms with Gasteiger partial charge in [-0.2, -0.15) is 0 Å². The minimum Gasteiger partial charge on any atom is -0.490 e. The van der Waals surface area contributed by atoms with E-state index in [9.17, 15) is 9.59 Å². The van der Waals surface area contributed by atoms with Crippen LogP contribution in [0.25, 0.3) is 16.8 Å². The van der Waals surface area contributed by atoms with Gasteiger partial charge in [0.15, 0.2) is 27.8 Å². The molecule has 2 heterocycles. The predicted octanol–water partition coefficient (Wildman–Crippen LogP) is 6.71. The molecule has 0 saturated heterocycles. The van der Waals surface area contributed by atoms with E-state index in [0.717, 1.165) is 21.9 Å². The zero-order chi connectivity index (χ0) is 34.5. The summed E-state index contributed by atoms with van der Waals surface area (Å²) in [4.78, 5) is 32.1. The minimum atomic E-state index is -0.795. The van der Waals surface area contributed by atoms with Crippen molar-refractivity contribution in [1.82, 2.24) is 4.57 Å². The molecule has 9 nitrogen and oxygen atoms in total. The van der Waals surface area contributed by atoms with Crippen LogP contribution in [0.3, 0.4) is 0 Å². The van der Waals surface area contributed by atoms with Gasteiger partial charge in [0.25, 0.3) is 5.56 Å². The van der Waals surface area contributed by atoms with Crippen LogP contribution in [0.1, 0.15) is 43.5 Å². The molecule has 0 amide bonds. The topological polar surface area (TPSA) is 97.6 Å². The fourth-order valence-electron chi connectivity index (χ4n) is 5.78. The molecule has 0 spiro atoms. The van der Waals surface area contributed by atoms with E-state index in [2.05, 4.69) is 45.2 Å². The van der Waals surface area contributed by atoms with Gasteiger partial charge in [0, 0.05) is 6.20 Å². The average Bonchev–Trinajstić information content (AvgIpc) is 3.42. The summed E-state index contributed by atoms with van der Waals surface area (Å²) in [6, 6.07) is 22.7. The lowest BCUT2D eigenvalue weighted by Crippen LogP contribution is -2.39. The van der Waals surface area contributed by atoms with E-state index >= 15 is 0 Å². The highest BCUT2D eigenvalue weighted by Gasteiger charge is 2.31. The maximum Gasteiger partial charge on any atom is 0.337 e. The minimum absolute atomic E-state index is 0.224. The van der Waals surface area contributed by atoms with Gasteiger partial charge in [-0.1, -0.05) is 59.9 Å². The molecule has 0 radical (unpaired) electrons. The van der Waals surface area contributed by atoms with E-state index in [-0.39, 0.29) is 11.1 Å². The van der Waals surface area contributed by atoms with Crippen LogP contribution in [0.5, 0.6) is 23.0 Å². The number of hydrogen-bond donors (Lipinski definition) is 0. The van der Waals surface area contributed by atoms with E-state index in [0.29, 0.717) is 68.8 Å². The van der Waals surface area contributed by atoms with Gasteiger partial charge in [0.1, 0.15) is 6.61 Å². The van der Waals surface area contributed by atoms with Crippen LogP contribution in [-0.2, 0) is 16.1 Å². The molecule has 0 unspecified atom stereocenters. The lowest BCUT2D eigenvalue weighted by Gasteiger charge is -2.23. The smallest absolute Gasteiger partial charge is 0.337 e. The number of benzene rings is 4. The molecule has 0 saturated carbocycles. The lowest BCUT2D eigenvalue weighted by atomic mass is 9.97. The normalized spacial score (nSPS) is 14.1. The second kappa shape index (κ2) is 15.1. The molecule has 6 rings (SSSR count). The number of fused-ring (bicyclic) bond motifs is 2. The number of nitrogens with zero attached hydrogens (tertiary/aromatic N) is 2. The molecule has 5 aromatic rings. The monoisotopic (exact) mass is 742 g/mol. The van der Waals surface area contributed by atoms with E-state index in [1.165, 1.54) is 29.2 Å². The third-order valence-electron chi connectivity index (χ3n) is 7.89. The van der Waals surface area contributed by atoms with Crippen LogP contribution in [0.2, 0.25) is 0 Å². The highest BCUT2D eigenvalue weighted by Crippen LogP contribution is 2.38. The molecule has 0 N–H and O–H groups in total. The van der Waals surface area contributed by atoms with Crippen LogP contribution in [0.4, 0.5) is 0 Å². The van der Waals surface area contributed by atoms with Gasteiger partial charge in [-0.3, -0.25) is 9.36 Å². The van der Waals surface area contributed by atoms with E-state index in [1.807, 2.05) is 57.2 Å². The number of aromatic nitrogens is 1. The van der Waals surface area contributed by atoms with Gasteiger partial charge in [-0.15, -0.1) is 0 Å². The van der Waals surface area contributed by atoms with Gasteiger partial charge in [0.2, 0.25) is 0 Å². The fourth-order valence-corrected chi connectivity index (χ4v) is 7.32. The second-order valence-corrected chi connectivity index (χ2v) is 12.8. The van der Waals surface area contributed by atoms with Gasteiger partial charge in [-0.05, 0) is 94.5 Å². The fraction of sp³-hybridized carbons (Fsp3) is 0.237. The summed E-state index contributed by atoms with van der Waals surface area (Å²) < 4.78 is 31.7. The Labute approximate surface area is 295 Å². The summed E-state index contributed by atoms with van der Waals surface area (Å²) in [5, 5.41) is 2.27. The maximum absolute atomic E-state index is 14.1. The summed E-state index contributed by atoms with van der Waals surface area (Å²) in [7, 11) is 1.30. The van der Waals surface area contributed by atoms with Crippen LogP contribution in [0.15, 0.2) is 98.8 Å². The van der Waals surface area contributed by atoms with Gasteiger partial charge < -0.3 is 23.7 Å². The molecule has 11 heteroatoms. The standard InChI is InChI=1S/C38H35BrN2O7S/c1-5-45-30-16-15-25(20-31(30)46-6-2)34-28(37(43)44-4)21-40-38-41(34)36(42)33(49-38)19-23-17-29(39)35(32(18-23)47-7-3)48-22-26-13-10-12-24-11-8-9-14-27(24)26/h8-21,34H,5-7,22H2,1-4H3/b33-19+/t34-/m1/s1. The number of carbonyl (C=O) groups is 1. The molecule has 1 aliphatic rings. The zero-order valence-electron chi connectivity index (χ0n) is 27.5. The first-order chi connectivity index (χ1) is 23.9. The number of esters is 1. The Hall–Kier alpha value is -4.87. The first kappa shape index (κ1) is 34.0. The summed E-state index contributed by atoms with van der Waals surface area (Å²) >= 11 is 4.91. The van der Waals surface area contributed by atoms with Crippen molar-refractivity contribution in [3.63, 3.8) is 0 Å². The first-order valence-electron chi connectivity index (χ1n) is 15.9. The SMILES string of the molecule is CCOc1ccc([C@@H]2C(C(=O)OC)=CN=c3s/c(=C/c4cc(Br)c(OCc5cccc6ccccc56)c(OCC)c4)c(=O)n32)cc1OCC. The Balaban J connectivity index is 1.39. The molecule has 49 heavy (non-hydrogen) atoms.